The summed E-state index contributed by atoms with van der Waals surface area (Å²) in [7, 11) is 0. The van der Waals surface area contributed by atoms with E-state index in [1.165, 1.54) is 0 Å². The van der Waals surface area contributed by atoms with Gasteiger partial charge in [-0.1, -0.05) is 44.2 Å². The van der Waals surface area contributed by atoms with Crippen molar-refractivity contribution in [3.05, 3.63) is 77.8 Å². The quantitative estimate of drug-likeness (QED) is 0.346. The maximum atomic E-state index is 14.2. The third-order valence-electron chi connectivity index (χ3n) is 6.18. The summed E-state index contributed by atoms with van der Waals surface area (Å²) in [4.78, 5) is 9.77. The summed E-state index contributed by atoms with van der Waals surface area (Å²) < 4.78 is 43.5. The fraction of sp³-hybridized carbons (Fsp3) is 0.346. The fourth-order valence-electron chi connectivity index (χ4n) is 4.61. The van der Waals surface area contributed by atoms with Gasteiger partial charge in [0.2, 0.25) is 5.96 Å². The second-order valence-electron chi connectivity index (χ2n) is 8.84. The van der Waals surface area contributed by atoms with Crippen LogP contribution in [-0.4, -0.2) is 48.8 Å². The SMILES string of the molecule is C=CCN(CC=C)CC1C(C(F)(F)F)N=C2N(c3ccc(C(C)C)cc3Br)c3ccccc3N21. The van der Waals surface area contributed by atoms with Crippen LogP contribution in [0.2, 0.25) is 0 Å². The van der Waals surface area contributed by atoms with Crippen LogP contribution in [0.4, 0.5) is 30.2 Å². The summed E-state index contributed by atoms with van der Waals surface area (Å²) in [5.74, 6) is 0.625. The smallest absolute Gasteiger partial charge is 0.303 e. The Morgan fingerprint density at radius 3 is 2.26 bits per heavy atom. The Kier molecular flexibility index (Phi) is 6.92. The lowest BCUT2D eigenvalue weighted by Gasteiger charge is -2.32. The summed E-state index contributed by atoms with van der Waals surface area (Å²) in [6.45, 7) is 12.8. The Labute approximate surface area is 207 Å². The minimum Gasteiger partial charge on any atom is -0.303 e. The predicted octanol–water partition coefficient (Wildman–Crippen LogP) is 6.87. The van der Waals surface area contributed by atoms with Crippen molar-refractivity contribution in [2.75, 3.05) is 29.4 Å². The van der Waals surface area contributed by atoms with Gasteiger partial charge in [-0.2, -0.15) is 13.2 Å². The van der Waals surface area contributed by atoms with Crippen molar-refractivity contribution in [3.8, 4) is 0 Å². The van der Waals surface area contributed by atoms with E-state index in [0.717, 1.165) is 27.1 Å². The largest absolute Gasteiger partial charge is 0.412 e. The molecule has 0 aliphatic carbocycles. The molecule has 0 aromatic heterocycles. The standard InChI is InChI=1S/C26H28BrF3N4/c1-5-13-32(14-6-2)16-23-24(26(28,29)30)31-25-33(21-9-7-8-10-22(21)34(23)25)20-12-11-18(17(3)4)15-19(20)27/h5-12,15,17,23-24H,1-2,13-14,16H2,3-4H3. The third-order valence-corrected chi connectivity index (χ3v) is 6.82. The molecule has 0 saturated heterocycles. The monoisotopic (exact) mass is 532 g/mol. The van der Waals surface area contributed by atoms with Gasteiger partial charge in [0.25, 0.3) is 0 Å². The van der Waals surface area contributed by atoms with Crippen LogP contribution in [0.1, 0.15) is 25.3 Å². The summed E-state index contributed by atoms with van der Waals surface area (Å²) in [6.07, 6.45) is -1.09. The average Bonchev–Trinajstić information content (AvgIpc) is 3.29. The molecule has 0 spiro atoms. The van der Waals surface area contributed by atoms with Crippen molar-refractivity contribution >= 4 is 39.0 Å². The topological polar surface area (TPSA) is 22.1 Å². The zero-order chi connectivity index (χ0) is 24.6. The number of guanidine groups is 1. The molecule has 0 amide bonds. The minimum absolute atomic E-state index is 0.171. The molecule has 2 aliphatic heterocycles. The Bertz CT molecular complexity index is 1100. The number of rotatable bonds is 8. The van der Waals surface area contributed by atoms with Crippen molar-refractivity contribution in [2.45, 2.75) is 38.0 Å². The van der Waals surface area contributed by atoms with E-state index in [0.29, 0.717) is 25.0 Å². The van der Waals surface area contributed by atoms with Gasteiger partial charge < -0.3 is 4.90 Å². The minimum atomic E-state index is -4.48. The highest BCUT2D eigenvalue weighted by Crippen LogP contribution is 2.49. The number of nitrogens with zero attached hydrogens (tertiary/aromatic N) is 4. The molecule has 2 heterocycles. The third kappa shape index (κ3) is 4.41. The molecule has 34 heavy (non-hydrogen) atoms. The van der Waals surface area contributed by atoms with Crippen molar-refractivity contribution in [2.24, 2.45) is 4.99 Å². The molecule has 0 saturated carbocycles. The molecule has 2 atom stereocenters. The summed E-state index contributed by atoms with van der Waals surface area (Å²) >= 11 is 3.66. The zero-order valence-corrected chi connectivity index (χ0v) is 20.9. The van der Waals surface area contributed by atoms with Gasteiger partial charge in [0.1, 0.15) is 0 Å². The summed E-state index contributed by atoms with van der Waals surface area (Å²) in [6, 6.07) is 10.7. The second-order valence-corrected chi connectivity index (χ2v) is 9.69. The number of hydrogen-bond acceptors (Lipinski definition) is 4. The maximum absolute atomic E-state index is 14.2. The van der Waals surface area contributed by atoms with Gasteiger partial charge in [-0.15, -0.1) is 13.2 Å². The van der Waals surface area contributed by atoms with Gasteiger partial charge in [-0.25, -0.2) is 4.99 Å². The Morgan fingerprint density at radius 1 is 1.06 bits per heavy atom. The van der Waals surface area contributed by atoms with Gasteiger partial charge >= 0.3 is 6.18 Å². The first-order chi connectivity index (χ1) is 16.2. The van der Waals surface area contributed by atoms with Crippen molar-refractivity contribution < 1.29 is 13.2 Å². The summed E-state index contributed by atoms with van der Waals surface area (Å²) in [5.41, 5.74) is 3.43. The normalized spacial score (nSPS) is 19.5. The van der Waals surface area contributed by atoms with Crippen molar-refractivity contribution in [1.29, 1.82) is 0 Å². The Hall–Kier alpha value is -2.58. The number of aliphatic imine (C=N–C) groups is 1. The van der Waals surface area contributed by atoms with Crippen LogP contribution in [-0.2, 0) is 0 Å². The van der Waals surface area contributed by atoms with E-state index >= 15 is 0 Å². The molecule has 0 N–H and O–H groups in total. The highest BCUT2D eigenvalue weighted by Gasteiger charge is 2.56. The lowest BCUT2D eigenvalue weighted by Crippen LogP contribution is -2.51. The average molecular weight is 533 g/mol. The number of fused-ring (bicyclic) bond motifs is 3. The van der Waals surface area contributed by atoms with Crippen LogP contribution in [0.15, 0.2) is 77.2 Å². The van der Waals surface area contributed by atoms with E-state index in [-0.39, 0.29) is 6.54 Å². The van der Waals surface area contributed by atoms with Gasteiger partial charge in [-0.3, -0.25) is 9.80 Å². The highest BCUT2D eigenvalue weighted by molar-refractivity contribution is 9.10. The molecule has 2 aliphatic rings. The molecule has 2 unspecified atom stereocenters. The first kappa shape index (κ1) is 24.5. The number of para-hydroxylation sites is 2. The van der Waals surface area contributed by atoms with Gasteiger partial charge in [0, 0.05) is 24.1 Å². The van der Waals surface area contributed by atoms with E-state index < -0.39 is 18.3 Å². The molecule has 0 fully saturated rings. The van der Waals surface area contributed by atoms with E-state index in [1.54, 1.807) is 17.1 Å². The molecule has 4 nitrogen and oxygen atoms in total. The van der Waals surface area contributed by atoms with Gasteiger partial charge in [0.15, 0.2) is 6.04 Å². The lowest BCUT2D eigenvalue weighted by molar-refractivity contribution is -0.150. The number of alkyl halides is 3. The number of hydrogen-bond donors (Lipinski definition) is 0. The molecular weight excluding hydrogens is 505 g/mol. The van der Waals surface area contributed by atoms with E-state index in [4.69, 9.17) is 0 Å². The summed E-state index contributed by atoms with van der Waals surface area (Å²) in [5, 5.41) is 0. The fourth-order valence-corrected chi connectivity index (χ4v) is 5.18. The molecular formula is C26H28BrF3N4. The molecule has 4 rings (SSSR count). The molecule has 8 heteroatoms. The van der Waals surface area contributed by atoms with E-state index in [1.807, 2.05) is 52.3 Å². The Morgan fingerprint density at radius 2 is 1.71 bits per heavy atom. The number of benzene rings is 2. The predicted molar refractivity (Wildman–Crippen MR) is 137 cm³/mol. The lowest BCUT2D eigenvalue weighted by atomic mass is 10.0. The van der Waals surface area contributed by atoms with Gasteiger partial charge in [0.05, 0.1) is 23.1 Å². The number of halogens is 4. The van der Waals surface area contributed by atoms with Crippen molar-refractivity contribution in [1.82, 2.24) is 4.90 Å². The molecule has 2 aromatic rings. The van der Waals surface area contributed by atoms with Crippen LogP contribution < -0.4 is 9.80 Å². The molecule has 0 radical (unpaired) electrons. The van der Waals surface area contributed by atoms with Crippen LogP contribution in [0, 0.1) is 0 Å². The first-order valence-electron chi connectivity index (χ1n) is 11.2. The Balaban J connectivity index is 1.82. The van der Waals surface area contributed by atoms with Crippen molar-refractivity contribution in [3.63, 3.8) is 0 Å². The molecule has 0 bridgehead atoms. The first-order valence-corrected chi connectivity index (χ1v) is 12.0. The van der Waals surface area contributed by atoms with Gasteiger partial charge in [-0.05, 0) is 51.7 Å². The van der Waals surface area contributed by atoms with Crippen LogP contribution in [0.25, 0.3) is 0 Å². The molecule has 2 aromatic carbocycles. The van der Waals surface area contributed by atoms with Crippen LogP contribution >= 0.6 is 15.9 Å². The molecule has 180 valence electrons. The number of anilines is 3. The van der Waals surface area contributed by atoms with Crippen LogP contribution in [0.5, 0.6) is 0 Å². The van der Waals surface area contributed by atoms with Crippen LogP contribution in [0.3, 0.4) is 0 Å². The van der Waals surface area contributed by atoms with E-state index in [9.17, 15) is 13.2 Å². The zero-order valence-electron chi connectivity index (χ0n) is 19.3. The van der Waals surface area contributed by atoms with E-state index in [2.05, 4.69) is 47.9 Å². The second kappa shape index (κ2) is 9.58. The maximum Gasteiger partial charge on any atom is 0.412 e. The highest BCUT2D eigenvalue weighted by atomic mass is 79.9.